The van der Waals surface area contributed by atoms with E-state index in [0.29, 0.717) is 40.7 Å². The third kappa shape index (κ3) is 4.95. The minimum atomic E-state index is -1.03. The largest absolute Gasteiger partial charge is 0.483 e. The Labute approximate surface area is 190 Å². The maximum Gasteiger partial charge on any atom is 0.411 e. The van der Waals surface area contributed by atoms with Crippen molar-refractivity contribution in [2.24, 2.45) is 0 Å². The molecule has 8 heteroatoms. The summed E-state index contributed by atoms with van der Waals surface area (Å²) in [5.74, 6) is 0.813. The Bertz CT molecular complexity index is 1300. The lowest BCUT2D eigenvalue weighted by Crippen LogP contribution is -2.28. The molecule has 0 aliphatic carbocycles. The molecule has 0 atom stereocenters. The molecule has 0 fully saturated rings. The quantitative estimate of drug-likeness (QED) is 0.399. The second-order valence-electron chi connectivity index (χ2n) is 7.38. The summed E-state index contributed by atoms with van der Waals surface area (Å²) in [6, 6.07) is 19.7. The van der Waals surface area contributed by atoms with Crippen LogP contribution in [0.25, 0.3) is 22.6 Å². The van der Waals surface area contributed by atoms with Crippen LogP contribution in [0, 0.1) is 6.92 Å². The van der Waals surface area contributed by atoms with E-state index in [9.17, 15) is 14.7 Å². The van der Waals surface area contributed by atoms with E-state index in [1.165, 1.54) is 4.90 Å². The number of oxazole rings is 1. The molecule has 0 saturated heterocycles. The molecule has 0 bridgehead atoms. The summed E-state index contributed by atoms with van der Waals surface area (Å²) < 4.78 is 11.4. The highest BCUT2D eigenvalue weighted by molar-refractivity contribution is 5.92. The predicted octanol–water partition coefficient (Wildman–Crippen LogP) is 5.33. The van der Waals surface area contributed by atoms with Crippen molar-refractivity contribution in [3.05, 3.63) is 72.3 Å². The lowest BCUT2D eigenvalue weighted by atomic mass is 10.2. The monoisotopic (exact) mass is 445 g/mol. The van der Waals surface area contributed by atoms with E-state index in [0.717, 1.165) is 11.1 Å². The number of fused-ring (bicyclic) bond motifs is 1. The maximum atomic E-state index is 12.2. The van der Waals surface area contributed by atoms with Crippen LogP contribution in [0.15, 0.2) is 71.1 Å². The van der Waals surface area contributed by atoms with Gasteiger partial charge in [-0.05, 0) is 67.9 Å². The Hall–Kier alpha value is -4.33. The number of aryl methyl sites for hydroxylation is 1. The molecule has 4 aromatic rings. The topological polar surface area (TPSA) is 105 Å². The zero-order chi connectivity index (χ0) is 23.4. The van der Waals surface area contributed by atoms with Gasteiger partial charge in [0.1, 0.15) is 11.3 Å². The Morgan fingerprint density at radius 2 is 1.85 bits per heavy atom. The summed E-state index contributed by atoms with van der Waals surface area (Å²) in [5, 5.41) is 12.1. The maximum absolute atomic E-state index is 12.2. The molecule has 0 radical (unpaired) electrons. The lowest BCUT2D eigenvalue weighted by molar-refractivity contribution is -0.118. The van der Waals surface area contributed by atoms with Gasteiger partial charge in [-0.1, -0.05) is 18.2 Å². The van der Waals surface area contributed by atoms with Gasteiger partial charge in [0.05, 0.1) is 0 Å². The van der Waals surface area contributed by atoms with E-state index in [1.807, 2.05) is 31.2 Å². The fourth-order valence-electron chi connectivity index (χ4n) is 3.39. The van der Waals surface area contributed by atoms with Crippen LogP contribution in [-0.2, 0) is 4.79 Å². The van der Waals surface area contributed by atoms with Crippen molar-refractivity contribution in [2.75, 3.05) is 23.4 Å². The fraction of sp³-hybridized carbons (Fsp3) is 0.160. The van der Waals surface area contributed by atoms with Crippen molar-refractivity contribution in [1.82, 2.24) is 4.98 Å². The molecule has 168 valence electrons. The summed E-state index contributed by atoms with van der Waals surface area (Å²) >= 11 is 0. The number of carbonyl (C=O) groups is 2. The Balaban J connectivity index is 1.43. The zero-order valence-electron chi connectivity index (χ0n) is 18.2. The van der Waals surface area contributed by atoms with Crippen LogP contribution < -0.4 is 15.0 Å². The van der Waals surface area contributed by atoms with Crippen LogP contribution in [0.3, 0.4) is 0 Å². The van der Waals surface area contributed by atoms with Crippen LogP contribution in [0.5, 0.6) is 5.75 Å². The van der Waals surface area contributed by atoms with Crippen LogP contribution in [0.1, 0.15) is 12.5 Å². The highest BCUT2D eigenvalue weighted by atomic mass is 16.5. The smallest absolute Gasteiger partial charge is 0.411 e. The van der Waals surface area contributed by atoms with Gasteiger partial charge in [-0.3, -0.25) is 9.69 Å². The summed E-state index contributed by atoms with van der Waals surface area (Å²) in [5.41, 5.74) is 3.96. The molecule has 2 amide bonds. The highest BCUT2D eigenvalue weighted by Crippen LogP contribution is 2.28. The van der Waals surface area contributed by atoms with Gasteiger partial charge < -0.3 is 19.6 Å². The number of hydrogen-bond donors (Lipinski definition) is 2. The normalized spacial score (nSPS) is 10.7. The first-order valence-corrected chi connectivity index (χ1v) is 10.4. The van der Waals surface area contributed by atoms with E-state index < -0.39 is 6.09 Å². The first-order chi connectivity index (χ1) is 15.9. The molecule has 3 aromatic carbocycles. The molecule has 1 heterocycles. The van der Waals surface area contributed by atoms with Crippen molar-refractivity contribution >= 4 is 34.5 Å². The summed E-state index contributed by atoms with van der Waals surface area (Å²) in [6.45, 7) is 3.92. The molecular weight excluding hydrogens is 422 g/mol. The number of anilines is 2. The van der Waals surface area contributed by atoms with E-state index in [-0.39, 0.29) is 12.5 Å². The molecule has 33 heavy (non-hydrogen) atoms. The molecule has 1 aromatic heterocycles. The van der Waals surface area contributed by atoms with Crippen molar-refractivity contribution in [2.45, 2.75) is 13.8 Å². The molecule has 0 aliphatic heterocycles. The standard InChI is InChI=1S/C25H23N3O5/c1-3-28(25(30)31)19-12-13-22-20(14-19)27-24(33-22)17-8-10-18(11-9-17)26-23(29)15-32-21-7-5-4-6-16(21)2/h4-14H,3,15H2,1-2H3,(H,26,29)(H,30,31). The number of ether oxygens (including phenoxy) is 1. The molecule has 0 unspecified atom stereocenters. The molecule has 2 N–H and O–H groups in total. The fourth-order valence-corrected chi connectivity index (χ4v) is 3.39. The van der Waals surface area contributed by atoms with Crippen molar-refractivity contribution in [3.8, 4) is 17.2 Å². The molecule has 0 saturated carbocycles. The number of para-hydroxylation sites is 1. The number of aromatic nitrogens is 1. The van der Waals surface area contributed by atoms with E-state index in [4.69, 9.17) is 9.15 Å². The summed E-state index contributed by atoms with van der Waals surface area (Å²) in [6.07, 6.45) is -1.03. The number of rotatable bonds is 7. The number of carboxylic acid groups (broad SMARTS) is 1. The predicted molar refractivity (Wildman–Crippen MR) is 126 cm³/mol. The lowest BCUT2D eigenvalue weighted by Gasteiger charge is -2.16. The van der Waals surface area contributed by atoms with Gasteiger partial charge in [-0.25, -0.2) is 9.78 Å². The highest BCUT2D eigenvalue weighted by Gasteiger charge is 2.15. The summed E-state index contributed by atoms with van der Waals surface area (Å²) in [7, 11) is 0. The molecular formula is C25H23N3O5. The number of carbonyl (C=O) groups excluding carboxylic acids is 1. The minimum Gasteiger partial charge on any atom is -0.483 e. The Morgan fingerprint density at radius 1 is 1.09 bits per heavy atom. The minimum absolute atomic E-state index is 0.0921. The van der Waals surface area contributed by atoms with Crippen molar-refractivity contribution in [3.63, 3.8) is 0 Å². The first-order valence-electron chi connectivity index (χ1n) is 10.4. The zero-order valence-corrected chi connectivity index (χ0v) is 18.2. The van der Waals surface area contributed by atoms with Crippen molar-refractivity contribution < 1.29 is 23.8 Å². The second-order valence-corrected chi connectivity index (χ2v) is 7.38. The SMILES string of the molecule is CCN(C(=O)O)c1ccc2oc(-c3ccc(NC(=O)COc4ccccc4C)cc3)nc2c1. The number of benzene rings is 3. The average Bonchev–Trinajstić information content (AvgIpc) is 3.23. The Kier molecular flexibility index (Phi) is 6.26. The van der Waals surface area contributed by atoms with E-state index >= 15 is 0 Å². The van der Waals surface area contributed by atoms with Gasteiger partial charge in [0, 0.05) is 23.5 Å². The van der Waals surface area contributed by atoms with Gasteiger partial charge in [0.25, 0.3) is 5.91 Å². The first kappa shape index (κ1) is 21.9. The molecule has 0 spiro atoms. The molecule has 0 aliphatic rings. The van der Waals surface area contributed by atoms with Crippen molar-refractivity contribution in [1.29, 1.82) is 0 Å². The number of hydrogen-bond acceptors (Lipinski definition) is 5. The summed E-state index contributed by atoms with van der Waals surface area (Å²) in [4.78, 5) is 29.3. The number of nitrogens with zero attached hydrogens (tertiary/aromatic N) is 2. The van der Waals surface area contributed by atoms with Gasteiger partial charge in [0.15, 0.2) is 12.2 Å². The van der Waals surface area contributed by atoms with Crippen LogP contribution in [-0.4, -0.2) is 35.2 Å². The average molecular weight is 445 g/mol. The number of amides is 2. The third-order valence-electron chi connectivity index (χ3n) is 5.10. The second kappa shape index (κ2) is 9.44. The third-order valence-corrected chi connectivity index (χ3v) is 5.10. The van der Waals surface area contributed by atoms with Gasteiger partial charge >= 0.3 is 6.09 Å². The van der Waals surface area contributed by atoms with E-state index in [1.54, 1.807) is 49.4 Å². The van der Waals surface area contributed by atoms with Crippen LogP contribution in [0.2, 0.25) is 0 Å². The van der Waals surface area contributed by atoms with Crippen LogP contribution >= 0.6 is 0 Å². The van der Waals surface area contributed by atoms with Crippen LogP contribution in [0.4, 0.5) is 16.2 Å². The number of nitrogens with one attached hydrogen (secondary N) is 1. The van der Waals surface area contributed by atoms with Gasteiger partial charge in [-0.2, -0.15) is 0 Å². The van der Waals surface area contributed by atoms with Gasteiger partial charge in [-0.15, -0.1) is 0 Å². The molecule has 4 rings (SSSR count). The molecule has 8 nitrogen and oxygen atoms in total. The van der Waals surface area contributed by atoms with E-state index in [2.05, 4.69) is 10.3 Å². The Morgan fingerprint density at radius 3 is 2.55 bits per heavy atom. The van der Waals surface area contributed by atoms with Gasteiger partial charge in [0.2, 0.25) is 5.89 Å².